The molecule has 120 valence electrons. The molecule has 0 spiro atoms. The van der Waals surface area contributed by atoms with Crippen LogP contribution in [0.5, 0.6) is 0 Å². The summed E-state index contributed by atoms with van der Waals surface area (Å²) < 4.78 is 25.2. The summed E-state index contributed by atoms with van der Waals surface area (Å²) in [6.07, 6.45) is 0. The molecule has 0 aliphatic carbocycles. The number of rotatable bonds is 4. The molecule has 0 saturated carbocycles. The van der Waals surface area contributed by atoms with Gasteiger partial charge in [-0.3, -0.25) is 4.90 Å². The van der Waals surface area contributed by atoms with Crippen molar-refractivity contribution in [1.82, 2.24) is 14.5 Å². The monoisotopic (exact) mass is 333 g/mol. The highest BCUT2D eigenvalue weighted by molar-refractivity contribution is 7.89. The molecule has 1 N–H and O–H groups in total. The molecule has 7 heteroatoms. The molecule has 1 fully saturated rings. The average Bonchev–Trinajstić information content (AvgIpc) is 2.42. The summed E-state index contributed by atoms with van der Waals surface area (Å²) in [4.78, 5) is 2.76. The molecule has 1 atom stereocenters. The maximum Gasteiger partial charge on any atom is 0.242 e. The third-order valence-electron chi connectivity index (χ3n) is 3.73. The van der Waals surface area contributed by atoms with Crippen LogP contribution in [0.1, 0.15) is 12.5 Å². The minimum Gasteiger partial charge on any atom is -0.314 e. The van der Waals surface area contributed by atoms with Gasteiger partial charge in [-0.05, 0) is 24.6 Å². The largest absolute Gasteiger partial charge is 0.314 e. The lowest BCUT2D eigenvalue weighted by molar-refractivity contribution is 0.165. The Bertz CT molecular complexity index is 546. The lowest BCUT2D eigenvalue weighted by atomic mass is 10.1. The number of nitrogens with zero attached hydrogens (tertiary/aromatic N) is 2. The minimum absolute atomic E-state index is 0. The maximum absolute atomic E-state index is 12.0. The zero-order chi connectivity index (χ0) is 14.8. The van der Waals surface area contributed by atoms with E-state index in [-0.39, 0.29) is 12.4 Å². The fraction of sp³-hybridized carbons (Fsp3) is 0.571. The van der Waals surface area contributed by atoms with Crippen LogP contribution in [0, 0.1) is 0 Å². The Morgan fingerprint density at radius 3 is 2.43 bits per heavy atom. The Morgan fingerprint density at radius 1 is 1.29 bits per heavy atom. The van der Waals surface area contributed by atoms with E-state index in [1.165, 1.54) is 4.31 Å². The SMILES string of the molecule is C[C@@H]1CNCCN1Cc1ccc(S(=O)(=O)N(C)C)cc1.Cl. The quantitative estimate of drug-likeness (QED) is 0.898. The third kappa shape index (κ3) is 4.40. The number of nitrogens with one attached hydrogen (secondary N) is 1. The molecule has 5 nitrogen and oxygen atoms in total. The van der Waals surface area contributed by atoms with Crippen molar-refractivity contribution in [2.75, 3.05) is 33.7 Å². The number of piperazine rings is 1. The topological polar surface area (TPSA) is 52.7 Å². The minimum atomic E-state index is -3.33. The predicted molar refractivity (Wildman–Crippen MR) is 87.3 cm³/mol. The zero-order valence-corrected chi connectivity index (χ0v) is 14.4. The Labute approximate surface area is 133 Å². The standard InChI is InChI=1S/C14H23N3O2S.ClH/c1-12-10-15-8-9-17(12)11-13-4-6-14(7-5-13)20(18,19)16(2)3;/h4-7,12,15H,8-11H2,1-3H3;1H/t12-;/m1./s1. The van der Waals surface area contributed by atoms with Crippen molar-refractivity contribution in [2.45, 2.75) is 24.4 Å². The van der Waals surface area contributed by atoms with Gasteiger partial charge in [0.15, 0.2) is 0 Å². The van der Waals surface area contributed by atoms with Crippen LogP contribution in [0.25, 0.3) is 0 Å². The second-order valence-corrected chi connectivity index (χ2v) is 7.61. The van der Waals surface area contributed by atoms with Crippen molar-refractivity contribution in [2.24, 2.45) is 0 Å². The molecular weight excluding hydrogens is 310 g/mol. The van der Waals surface area contributed by atoms with Crippen LogP contribution in [0.2, 0.25) is 0 Å². The van der Waals surface area contributed by atoms with E-state index in [0.717, 1.165) is 31.7 Å². The highest BCUT2D eigenvalue weighted by atomic mass is 35.5. The highest BCUT2D eigenvalue weighted by Gasteiger charge is 2.19. The van der Waals surface area contributed by atoms with Crippen LogP contribution in [-0.4, -0.2) is 57.4 Å². The molecule has 0 unspecified atom stereocenters. The van der Waals surface area contributed by atoms with Crippen molar-refractivity contribution >= 4 is 22.4 Å². The number of sulfonamides is 1. The van der Waals surface area contributed by atoms with Crippen LogP contribution in [0.4, 0.5) is 0 Å². The first-order chi connectivity index (χ1) is 9.41. The Balaban J connectivity index is 0.00000220. The van der Waals surface area contributed by atoms with E-state index in [2.05, 4.69) is 17.1 Å². The van der Waals surface area contributed by atoms with Crippen molar-refractivity contribution < 1.29 is 8.42 Å². The van der Waals surface area contributed by atoms with Gasteiger partial charge in [0.1, 0.15) is 0 Å². The Morgan fingerprint density at radius 2 is 1.90 bits per heavy atom. The maximum atomic E-state index is 12.0. The fourth-order valence-electron chi connectivity index (χ4n) is 2.33. The molecular formula is C14H24ClN3O2S. The second-order valence-electron chi connectivity index (χ2n) is 5.46. The third-order valence-corrected chi connectivity index (χ3v) is 5.56. The number of hydrogen-bond donors (Lipinski definition) is 1. The van der Waals surface area contributed by atoms with Gasteiger partial charge in [-0.1, -0.05) is 12.1 Å². The van der Waals surface area contributed by atoms with E-state index < -0.39 is 10.0 Å². The average molecular weight is 334 g/mol. The predicted octanol–water partition coefficient (Wildman–Crippen LogP) is 1.15. The highest BCUT2D eigenvalue weighted by Crippen LogP contribution is 2.16. The van der Waals surface area contributed by atoms with Crippen LogP contribution in [-0.2, 0) is 16.6 Å². The lowest BCUT2D eigenvalue weighted by Gasteiger charge is -2.33. The zero-order valence-electron chi connectivity index (χ0n) is 12.7. The normalized spacial score (nSPS) is 20.3. The summed E-state index contributed by atoms with van der Waals surface area (Å²) in [6.45, 7) is 6.12. The first kappa shape index (κ1) is 18.4. The summed E-state index contributed by atoms with van der Waals surface area (Å²) in [5.41, 5.74) is 1.15. The second kappa shape index (κ2) is 7.56. The van der Waals surface area contributed by atoms with Crippen molar-refractivity contribution in [1.29, 1.82) is 0 Å². The molecule has 1 aromatic rings. The van der Waals surface area contributed by atoms with Crippen molar-refractivity contribution in [3.8, 4) is 0 Å². The summed E-state index contributed by atoms with van der Waals surface area (Å²) in [6, 6.07) is 7.71. The van der Waals surface area contributed by atoms with E-state index in [1.54, 1.807) is 26.2 Å². The van der Waals surface area contributed by atoms with Crippen LogP contribution >= 0.6 is 12.4 Å². The molecule has 1 saturated heterocycles. The molecule has 0 amide bonds. The Hall–Kier alpha value is -0.660. The van der Waals surface area contributed by atoms with Gasteiger partial charge in [-0.15, -0.1) is 12.4 Å². The lowest BCUT2D eigenvalue weighted by Crippen LogP contribution is -2.49. The van der Waals surface area contributed by atoms with Gasteiger partial charge in [0.05, 0.1) is 4.90 Å². The van der Waals surface area contributed by atoms with E-state index in [0.29, 0.717) is 10.9 Å². The summed E-state index contributed by atoms with van der Waals surface area (Å²) in [5.74, 6) is 0. The molecule has 1 aliphatic rings. The molecule has 21 heavy (non-hydrogen) atoms. The molecule has 1 aromatic carbocycles. The summed E-state index contributed by atoms with van der Waals surface area (Å²) in [5, 5.41) is 3.37. The van der Waals surface area contributed by atoms with Gasteiger partial charge < -0.3 is 5.32 Å². The van der Waals surface area contributed by atoms with Gasteiger partial charge in [-0.25, -0.2) is 12.7 Å². The van der Waals surface area contributed by atoms with Crippen molar-refractivity contribution in [3.05, 3.63) is 29.8 Å². The Kier molecular flexibility index (Phi) is 6.62. The van der Waals surface area contributed by atoms with E-state index in [1.807, 2.05) is 12.1 Å². The number of hydrogen-bond acceptors (Lipinski definition) is 4. The van der Waals surface area contributed by atoms with Gasteiger partial charge in [0.25, 0.3) is 0 Å². The van der Waals surface area contributed by atoms with Gasteiger partial charge >= 0.3 is 0 Å². The van der Waals surface area contributed by atoms with Crippen LogP contribution in [0.3, 0.4) is 0 Å². The van der Waals surface area contributed by atoms with E-state index >= 15 is 0 Å². The fourth-order valence-corrected chi connectivity index (χ4v) is 3.23. The van der Waals surface area contributed by atoms with Crippen molar-refractivity contribution in [3.63, 3.8) is 0 Å². The summed E-state index contributed by atoms with van der Waals surface area (Å²) in [7, 11) is -0.233. The first-order valence-corrected chi connectivity index (χ1v) is 8.31. The van der Waals surface area contributed by atoms with Gasteiger partial charge in [-0.2, -0.15) is 0 Å². The molecule has 0 bridgehead atoms. The molecule has 0 aromatic heterocycles. The number of halogens is 1. The van der Waals surface area contributed by atoms with Gasteiger partial charge in [0, 0.05) is 46.3 Å². The van der Waals surface area contributed by atoms with Gasteiger partial charge in [0.2, 0.25) is 10.0 Å². The number of benzene rings is 1. The smallest absolute Gasteiger partial charge is 0.242 e. The molecule has 1 heterocycles. The molecule has 2 rings (SSSR count). The molecule has 0 radical (unpaired) electrons. The van der Waals surface area contributed by atoms with Crippen LogP contribution in [0.15, 0.2) is 29.2 Å². The van der Waals surface area contributed by atoms with E-state index in [4.69, 9.17) is 0 Å². The van der Waals surface area contributed by atoms with E-state index in [9.17, 15) is 8.42 Å². The van der Waals surface area contributed by atoms with Crippen LogP contribution < -0.4 is 5.32 Å². The summed E-state index contributed by atoms with van der Waals surface area (Å²) >= 11 is 0. The molecule has 1 aliphatic heterocycles. The first-order valence-electron chi connectivity index (χ1n) is 6.87.